The van der Waals surface area contributed by atoms with E-state index in [0.717, 1.165) is 0 Å². The van der Waals surface area contributed by atoms with Crippen molar-refractivity contribution in [2.24, 2.45) is 32.9 Å². The molecule has 12 nitrogen and oxygen atoms in total. The molecule has 0 amide bonds. The molecule has 0 atom stereocenters. The maximum atomic E-state index is 8.36. The van der Waals surface area contributed by atoms with E-state index in [1.807, 2.05) is 0 Å². The molecule has 0 aromatic carbocycles. The van der Waals surface area contributed by atoms with Crippen molar-refractivity contribution in [2.45, 2.75) is 0 Å². The molecule has 0 aromatic rings. The van der Waals surface area contributed by atoms with E-state index in [0.29, 0.717) is 46.3 Å². The van der Waals surface area contributed by atoms with Crippen LogP contribution in [0, 0.1) is 33.7 Å². The second-order valence-electron chi connectivity index (χ2n) is 8.30. The van der Waals surface area contributed by atoms with Crippen LogP contribution in [0.5, 0.6) is 0 Å². The van der Waals surface area contributed by atoms with Crippen molar-refractivity contribution in [3.8, 4) is 0 Å². The number of hydrogen-bond donors (Lipinski definition) is 10. The van der Waals surface area contributed by atoms with Gasteiger partial charge in [-0.3, -0.25) is 31.6 Å². The lowest BCUT2D eigenvalue weighted by atomic mass is 9.98. The average molecular weight is 479 g/mol. The molecule has 1 heterocycles. The summed E-state index contributed by atoms with van der Waals surface area (Å²) in [5.41, 5.74) is 28.1. The van der Waals surface area contributed by atoms with E-state index >= 15 is 0 Å². The van der Waals surface area contributed by atoms with E-state index < -0.39 is 0 Å². The van der Waals surface area contributed by atoms with E-state index in [9.17, 15) is 0 Å². The maximum absolute atomic E-state index is 8.36. The first kappa shape index (κ1) is 22.5. The summed E-state index contributed by atoms with van der Waals surface area (Å²) in [5.74, 6) is 0. The summed E-state index contributed by atoms with van der Waals surface area (Å²) >= 11 is 0. The van der Waals surface area contributed by atoms with Crippen LogP contribution in [0.15, 0.2) is 104 Å². The Morgan fingerprint density at radius 2 is 0.750 bits per heavy atom. The van der Waals surface area contributed by atoms with E-state index in [2.05, 4.69) is 20.6 Å². The molecule has 0 unspecified atom stereocenters. The molecule has 12 heteroatoms. The molecule has 36 heavy (non-hydrogen) atoms. The highest BCUT2D eigenvalue weighted by Crippen LogP contribution is 2.26. The topological polar surface area (TPSA) is 248 Å². The molecule has 2 radical (unpaired) electrons. The largest absolute Gasteiger partial charge is 0.400 e. The Morgan fingerprint density at radius 3 is 1.11 bits per heavy atom. The number of hydrogen-bond acceptors (Lipinski definition) is 12. The van der Waals surface area contributed by atoms with Crippen molar-refractivity contribution in [1.82, 2.24) is 10.6 Å². The van der Waals surface area contributed by atoms with Gasteiger partial charge in [-0.15, -0.1) is 0 Å². The third kappa shape index (κ3) is 3.96. The second kappa shape index (κ2) is 8.20. The van der Waals surface area contributed by atoms with Crippen LogP contribution in [0.1, 0.15) is 0 Å². The summed E-state index contributed by atoms with van der Waals surface area (Å²) in [5, 5.41) is 39.6. The van der Waals surface area contributed by atoms with Gasteiger partial charge in [0.25, 0.3) is 0 Å². The lowest BCUT2D eigenvalue weighted by Gasteiger charge is -2.25. The first-order valence-corrected chi connectivity index (χ1v) is 10.7. The minimum Gasteiger partial charge on any atom is -0.400 e. The van der Waals surface area contributed by atoms with E-state index in [1.54, 1.807) is 24.3 Å². The van der Waals surface area contributed by atoms with Gasteiger partial charge in [-0.2, -0.15) is 0 Å². The standard InChI is InChI=1S/C24H22N12/c25-9-1-10(26)18-5-17(9)33-19-6-21(13(29)2-11(19)27)35-23-8-24(16(32)4-15(23)31)36-22-7-20(34-18)12(28)3-14(22)30/h1-8,25,27,30,32-33,36H,26,28-29,31H2. The van der Waals surface area contributed by atoms with E-state index in [-0.39, 0.29) is 45.6 Å². The summed E-state index contributed by atoms with van der Waals surface area (Å²) in [6.45, 7) is 0. The number of aliphatic imine (C=N–C) groups is 2. The van der Waals surface area contributed by atoms with E-state index in [4.69, 9.17) is 44.6 Å². The number of fused-ring (bicyclic) bond motifs is 4. The monoisotopic (exact) mass is 478 g/mol. The summed E-state index contributed by atoms with van der Waals surface area (Å²) in [6.07, 6.45) is 12.1. The third-order valence-corrected chi connectivity index (χ3v) is 5.69. The first-order chi connectivity index (χ1) is 17.1. The molecule has 14 N–H and O–H groups in total. The van der Waals surface area contributed by atoms with Crippen LogP contribution in [0.2, 0.25) is 0 Å². The van der Waals surface area contributed by atoms with Gasteiger partial charge in [0, 0.05) is 11.4 Å². The van der Waals surface area contributed by atoms with Crippen LogP contribution in [-0.2, 0) is 0 Å². The van der Waals surface area contributed by atoms with Gasteiger partial charge in [-0.05, 0) is 48.6 Å². The SMILES string of the molecule is N=C1C=C(N)[C]2C=C1NC1=CC(=N[C]3C=C(NC4=CC(=N2)C(N)=CC4=N)C(=N)C=C3N)C(N)=CC1=N. The fourth-order valence-corrected chi connectivity index (χ4v) is 3.77. The highest BCUT2D eigenvalue weighted by molar-refractivity contribution is 6.24. The number of nitrogens with zero attached hydrogens (tertiary/aromatic N) is 2. The molecular weight excluding hydrogens is 456 g/mol. The zero-order valence-electron chi connectivity index (χ0n) is 18.8. The van der Waals surface area contributed by atoms with Crippen molar-refractivity contribution >= 4 is 34.3 Å². The van der Waals surface area contributed by atoms with Gasteiger partial charge < -0.3 is 33.6 Å². The number of rotatable bonds is 0. The highest BCUT2D eigenvalue weighted by atomic mass is 15.0. The number of nitrogens with two attached hydrogens (primary N) is 4. The molecule has 178 valence electrons. The molecule has 8 bridgehead atoms. The quantitative estimate of drug-likeness (QED) is 0.217. The van der Waals surface area contributed by atoms with Crippen molar-refractivity contribution in [2.75, 3.05) is 0 Å². The van der Waals surface area contributed by atoms with Gasteiger partial charge in [0.05, 0.1) is 68.5 Å². The van der Waals surface area contributed by atoms with Gasteiger partial charge in [0.15, 0.2) is 12.1 Å². The molecular formula is C24H22N12. The molecule has 0 aromatic heterocycles. The predicted octanol–water partition coefficient (Wildman–Crippen LogP) is 0.165. The Labute approximate surface area is 206 Å². The molecule has 5 rings (SSSR count). The van der Waals surface area contributed by atoms with Crippen molar-refractivity contribution in [3.63, 3.8) is 0 Å². The Bertz CT molecular complexity index is 1370. The molecule has 5 aliphatic rings. The van der Waals surface area contributed by atoms with Gasteiger partial charge in [0.1, 0.15) is 0 Å². The molecule has 4 aliphatic carbocycles. The van der Waals surface area contributed by atoms with Crippen LogP contribution >= 0.6 is 0 Å². The normalized spacial score (nSPS) is 22.8. The molecule has 0 saturated carbocycles. The first-order valence-electron chi connectivity index (χ1n) is 10.7. The zero-order chi connectivity index (χ0) is 25.7. The smallest absolute Gasteiger partial charge is 0.155 e. The lowest BCUT2D eigenvalue weighted by molar-refractivity contribution is 1.00. The van der Waals surface area contributed by atoms with Crippen molar-refractivity contribution in [1.29, 1.82) is 21.6 Å². The Hall–Kier alpha value is -5.26. The number of allylic oxidation sites excluding steroid dienone is 6. The maximum Gasteiger partial charge on any atom is 0.155 e. The zero-order valence-corrected chi connectivity index (χ0v) is 18.8. The van der Waals surface area contributed by atoms with E-state index in [1.165, 1.54) is 24.3 Å². The minimum atomic E-state index is 0.0963. The summed E-state index contributed by atoms with van der Waals surface area (Å²) in [7, 11) is 0. The Balaban J connectivity index is 1.70. The Morgan fingerprint density at radius 1 is 0.444 bits per heavy atom. The van der Waals surface area contributed by atoms with Crippen LogP contribution in [0.3, 0.4) is 0 Å². The number of nitrogens with one attached hydrogen (secondary N) is 6. The van der Waals surface area contributed by atoms with Crippen molar-refractivity contribution < 1.29 is 0 Å². The van der Waals surface area contributed by atoms with Gasteiger partial charge in [0.2, 0.25) is 0 Å². The van der Waals surface area contributed by atoms with Crippen LogP contribution in [0.25, 0.3) is 0 Å². The summed E-state index contributed by atoms with van der Waals surface area (Å²) in [6, 6.07) is 0.692. The van der Waals surface area contributed by atoms with Crippen LogP contribution < -0.4 is 33.6 Å². The molecule has 0 saturated heterocycles. The fraction of sp³-hybridized carbons (Fsp3) is 0. The average Bonchev–Trinajstić information content (AvgIpc) is 2.79. The predicted molar refractivity (Wildman–Crippen MR) is 140 cm³/mol. The highest BCUT2D eigenvalue weighted by Gasteiger charge is 2.27. The molecule has 0 fully saturated rings. The van der Waals surface area contributed by atoms with Gasteiger partial charge >= 0.3 is 0 Å². The molecule has 1 aliphatic heterocycles. The van der Waals surface area contributed by atoms with Crippen molar-refractivity contribution in [3.05, 3.63) is 106 Å². The second-order valence-corrected chi connectivity index (χ2v) is 8.30. The van der Waals surface area contributed by atoms with Gasteiger partial charge in [-0.25, -0.2) is 0 Å². The minimum absolute atomic E-state index is 0.0963. The van der Waals surface area contributed by atoms with Crippen LogP contribution in [-0.4, -0.2) is 34.3 Å². The lowest BCUT2D eigenvalue weighted by Crippen LogP contribution is -2.33. The summed E-state index contributed by atoms with van der Waals surface area (Å²) in [4.78, 5) is 9.16. The van der Waals surface area contributed by atoms with Gasteiger partial charge in [-0.1, -0.05) is 0 Å². The fourth-order valence-electron chi connectivity index (χ4n) is 3.77. The molecule has 0 spiro atoms. The summed E-state index contributed by atoms with van der Waals surface area (Å²) < 4.78 is 0. The Kier molecular flexibility index (Phi) is 5.13. The van der Waals surface area contributed by atoms with Crippen LogP contribution in [0.4, 0.5) is 0 Å². The third-order valence-electron chi connectivity index (χ3n) is 5.69.